The molecule has 0 unspecified atom stereocenters. The van der Waals surface area contributed by atoms with Crippen molar-refractivity contribution in [2.45, 2.75) is 18.9 Å². The van der Waals surface area contributed by atoms with E-state index < -0.39 is 5.97 Å². The number of amides is 1. The number of thiophene rings is 1. The van der Waals surface area contributed by atoms with Crippen LogP contribution in [0.1, 0.15) is 23.3 Å². The number of nitrogens with zero attached hydrogens (tertiary/aromatic N) is 2. The summed E-state index contributed by atoms with van der Waals surface area (Å²) in [6.07, 6.45) is 1.98. The first-order chi connectivity index (χ1) is 14.2. The van der Waals surface area contributed by atoms with Crippen molar-refractivity contribution >= 4 is 23.2 Å². The van der Waals surface area contributed by atoms with Gasteiger partial charge in [0.25, 0.3) is 5.91 Å². The minimum atomic E-state index is -0.601. The summed E-state index contributed by atoms with van der Waals surface area (Å²) in [7, 11) is 0. The number of nitrogens with one attached hydrogen (secondary N) is 1. The van der Waals surface area contributed by atoms with E-state index in [-0.39, 0.29) is 24.3 Å². The molecule has 0 radical (unpaired) electrons. The highest BCUT2D eigenvalue weighted by Gasteiger charge is 2.21. The van der Waals surface area contributed by atoms with Gasteiger partial charge in [-0.05, 0) is 36.4 Å². The van der Waals surface area contributed by atoms with Crippen LogP contribution in [0.15, 0.2) is 53.9 Å². The predicted molar refractivity (Wildman–Crippen MR) is 109 cm³/mol. The minimum Gasteiger partial charge on any atom is -0.451 e. The number of hydrogen-bond donors (Lipinski definition) is 1. The van der Waals surface area contributed by atoms with Crippen LogP contribution in [-0.4, -0.2) is 47.5 Å². The molecule has 1 N–H and O–H groups in total. The van der Waals surface area contributed by atoms with Gasteiger partial charge in [-0.1, -0.05) is 24.3 Å². The number of carbonyl (C=O) groups excluding carboxylic acids is 2. The predicted octanol–water partition coefficient (Wildman–Crippen LogP) is 3.05. The van der Waals surface area contributed by atoms with Gasteiger partial charge in [0.1, 0.15) is 5.69 Å². The Bertz CT molecular complexity index is 963. The third-order valence-electron chi connectivity index (χ3n) is 4.58. The number of rotatable bonds is 7. The summed E-state index contributed by atoms with van der Waals surface area (Å²) >= 11 is 1.54. The van der Waals surface area contributed by atoms with Crippen LogP contribution in [0.5, 0.6) is 0 Å². The van der Waals surface area contributed by atoms with Gasteiger partial charge in [0.2, 0.25) is 0 Å². The zero-order valence-corrected chi connectivity index (χ0v) is 16.6. The van der Waals surface area contributed by atoms with Crippen LogP contribution in [0.25, 0.3) is 16.3 Å². The van der Waals surface area contributed by atoms with Gasteiger partial charge in [-0.25, -0.2) is 9.48 Å². The van der Waals surface area contributed by atoms with Gasteiger partial charge in [-0.2, -0.15) is 5.10 Å². The molecule has 7 nitrogen and oxygen atoms in total. The monoisotopic (exact) mass is 411 g/mol. The zero-order valence-electron chi connectivity index (χ0n) is 15.7. The fraction of sp³-hybridized carbons (Fsp3) is 0.286. The Morgan fingerprint density at radius 3 is 2.83 bits per heavy atom. The first-order valence-electron chi connectivity index (χ1n) is 9.45. The van der Waals surface area contributed by atoms with E-state index in [1.165, 1.54) is 11.3 Å². The number of benzene rings is 1. The lowest BCUT2D eigenvalue weighted by Crippen LogP contribution is -2.35. The van der Waals surface area contributed by atoms with E-state index in [1.54, 1.807) is 10.7 Å². The van der Waals surface area contributed by atoms with Gasteiger partial charge in [0.05, 0.1) is 16.7 Å². The van der Waals surface area contributed by atoms with Gasteiger partial charge < -0.3 is 14.8 Å². The highest BCUT2D eigenvalue weighted by Crippen LogP contribution is 2.26. The molecule has 1 saturated heterocycles. The number of hydrogen-bond acceptors (Lipinski definition) is 6. The Morgan fingerprint density at radius 1 is 1.24 bits per heavy atom. The van der Waals surface area contributed by atoms with Crippen LogP contribution in [0.2, 0.25) is 0 Å². The topological polar surface area (TPSA) is 82.5 Å². The molecule has 1 fully saturated rings. The fourth-order valence-electron chi connectivity index (χ4n) is 3.13. The van der Waals surface area contributed by atoms with E-state index in [9.17, 15) is 9.59 Å². The van der Waals surface area contributed by atoms with E-state index in [1.807, 2.05) is 47.8 Å². The van der Waals surface area contributed by atoms with E-state index in [2.05, 4.69) is 10.4 Å². The maximum Gasteiger partial charge on any atom is 0.357 e. The minimum absolute atomic E-state index is 0.0440. The molecule has 150 valence electrons. The number of esters is 1. The van der Waals surface area contributed by atoms with Crippen LogP contribution in [0.3, 0.4) is 0 Å². The lowest BCUT2D eigenvalue weighted by molar-refractivity contribution is -0.124. The first-order valence-corrected chi connectivity index (χ1v) is 10.3. The Balaban J connectivity index is 1.46. The highest BCUT2D eigenvalue weighted by atomic mass is 32.1. The molecule has 3 aromatic rings. The van der Waals surface area contributed by atoms with Gasteiger partial charge in [-0.15, -0.1) is 11.3 Å². The maximum atomic E-state index is 12.7. The Morgan fingerprint density at radius 2 is 2.10 bits per heavy atom. The molecule has 8 heteroatoms. The average molecular weight is 411 g/mol. The van der Waals surface area contributed by atoms with E-state index in [4.69, 9.17) is 9.47 Å². The summed E-state index contributed by atoms with van der Waals surface area (Å²) in [5.41, 5.74) is 1.69. The van der Waals surface area contributed by atoms with Crippen molar-refractivity contribution in [3.63, 3.8) is 0 Å². The van der Waals surface area contributed by atoms with Crippen molar-refractivity contribution in [3.8, 4) is 16.3 Å². The number of para-hydroxylation sites is 1. The third kappa shape index (κ3) is 4.72. The van der Waals surface area contributed by atoms with Crippen LogP contribution < -0.4 is 5.32 Å². The van der Waals surface area contributed by atoms with Crippen molar-refractivity contribution in [1.29, 1.82) is 0 Å². The molecule has 4 rings (SSSR count). The molecule has 1 aliphatic rings. The second-order valence-corrected chi connectivity index (χ2v) is 7.60. The molecule has 0 saturated carbocycles. The summed E-state index contributed by atoms with van der Waals surface area (Å²) in [5, 5.41) is 9.26. The van der Waals surface area contributed by atoms with Gasteiger partial charge in [0, 0.05) is 19.2 Å². The maximum absolute atomic E-state index is 12.7. The van der Waals surface area contributed by atoms with E-state index in [0.717, 1.165) is 30.0 Å². The van der Waals surface area contributed by atoms with E-state index >= 15 is 0 Å². The molecule has 0 spiro atoms. The van der Waals surface area contributed by atoms with Gasteiger partial charge in [0.15, 0.2) is 12.3 Å². The lowest BCUT2D eigenvalue weighted by atomic mass is 10.2. The molecule has 1 aromatic carbocycles. The normalized spacial score (nSPS) is 15.9. The van der Waals surface area contributed by atoms with Crippen molar-refractivity contribution in [1.82, 2.24) is 15.1 Å². The summed E-state index contributed by atoms with van der Waals surface area (Å²) in [6.45, 7) is 0.812. The van der Waals surface area contributed by atoms with Crippen molar-refractivity contribution in [2.24, 2.45) is 0 Å². The quantitative estimate of drug-likeness (QED) is 0.604. The Hall–Kier alpha value is -2.97. The van der Waals surface area contributed by atoms with Crippen molar-refractivity contribution < 1.29 is 19.1 Å². The Labute approximate surface area is 172 Å². The smallest absolute Gasteiger partial charge is 0.357 e. The molecule has 29 heavy (non-hydrogen) atoms. The molecule has 1 amide bonds. The first kappa shape index (κ1) is 19.4. The number of aromatic nitrogens is 2. The SMILES string of the molecule is O=C(COC(=O)c1cc(-c2cccs2)nn1-c1ccccc1)NC[C@@H]1CCCO1. The summed E-state index contributed by atoms with van der Waals surface area (Å²) in [5.74, 6) is -0.950. The van der Waals surface area contributed by atoms with Crippen molar-refractivity contribution in [3.05, 3.63) is 59.6 Å². The molecule has 1 aliphatic heterocycles. The second kappa shape index (κ2) is 9.02. The van der Waals surface area contributed by atoms with Crippen molar-refractivity contribution in [2.75, 3.05) is 19.8 Å². The van der Waals surface area contributed by atoms with Gasteiger partial charge >= 0.3 is 5.97 Å². The highest BCUT2D eigenvalue weighted by molar-refractivity contribution is 7.13. The standard InChI is InChI=1S/C21H21N3O4S/c25-20(22-13-16-8-4-10-27-16)14-28-21(26)18-12-17(19-9-5-11-29-19)23-24(18)15-6-2-1-3-7-15/h1-3,5-7,9,11-12,16H,4,8,10,13-14H2,(H,22,25)/t16-/m0/s1. The number of ether oxygens (including phenoxy) is 2. The lowest BCUT2D eigenvalue weighted by Gasteiger charge is -2.11. The zero-order chi connectivity index (χ0) is 20.1. The largest absolute Gasteiger partial charge is 0.451 e. The van der Waals surface area contributed by atoms with Gasteiger partial charge in [-0.3, -0.25) is 4.79 Å². The number of carbonyl (C=O) groups is 2. The molecule has 2 aromatic heterocycles. The summed E-state index contributed by atoms with van der Waals surface area (Å²) in [6, 6.07) is 14.9. The molecular formula is C21H21N3O4S. The van der Waals surface area contributed by atoms with Crippen LogP contribution in [0.4, 0.5) is 0 Å². The average Bonchev–Trinajstić information content (AvgIpc) is 3.51. The summed E-state index contributed by atoms with van der Waals surface area (Å²) < 4.78 is 12.3. The molecule has 1 atom stereocenters. The van der Waals surface area contributed by atoms with E-state index in [0.29, 0.717) is 12.2 Å². The van der Waals surface area contributed by atoms with Crippen LogP contribution >= 0.6 is 11.3 Å². The summed E-state index contributed by atoms with van der Waals surface area (Å²) in [4.78, 5) is 25.7. The second-order valence-electron chi connectivity index (χ2n) is 6.65. The Kier molecular flexibility index (Phi) is 6.02. The molecule has 0 bridgehead atoms. The third-order valence-corrected chi connectivity index (χ3v) is 5.47. The fourth-order valence-corrected chi connectivity index (χ4v) is 3.81. The molecule has 3 heterocycles. The van der Waals surface area contributed by atoms with Crippen LogP contribution in [0, 0.1) is 0 Å². The molecule has 0 aliphatic carbocycles. The molecular weight excluding hydrogens is 390 g/mol. The van der Waals surface area contributed by atoms with Crippen LogP contribution in [-0.2, 0) is 14.3 Å².